The van der Waals surface area contributed by atoms with E-state index in [2.05, 4.69) is 10.3 Å². The van der Waals surface area contributed by atoms with Gasteiger partial charge in [0.2, 0.25) is 11.8 Å². The first-order chi connectivity index (χ1) is 10.2. The molecule has 0 aliphatic carbocycles. The molecule has 0 saturated heterocycles. The number of nitrogens with zero attached hydrogens (tertiary/aromatic N) is 1. The molecule has 0 aliphatic rings. The van der Waals surface area contributed by atoms with Crippen LogP contribution in [0.3, 0.4) is 0 Å². The molecule has 0 bridgehead atoms. The van der Waals surface area contributed by atoms with Crippen LogP contribution in [0.4, 0.5) is 5.69 Å². The fraction of sp³-hybridized carbons (Fsp3) is 0.412. The number of rotatable bonds is 3. The van der Waals surface area contributed by atoms with E-state index in [1.165, 1.54) is 0 Å². The first-order valence-corrected chi connectivity index (χ1v) is 7.29. The number of carbonyl (C=O) groups excluding carboxylic acids is 1. The molecular formula is C17H24ClN3O2. The molecule has 126 valence electrons. The number of nitrogens with two attached hydrogens (primary N) is 1. The standard InChI is InChI=1S/C17H23N3O2.ClH/c1-10-11(2)22-16(19-10)12-7-6-8-13(9-12)20-15(21)14(18)17(3,4)5;/h6-9,14H,18H2,1-5H3,(H,20,21);1H/t14-;/m1./s1. The average Bonchev–Trinajstić information content (AvgIpc) is 2.77. The van der Waals surface area contributed by atoms with Crippen LogP contribution in [0.25, 0.3) is 11.5 Å². The third-order valence-corrected chi connectivity index (χ3v) is 3.62. The van der Waals surface area contributed by atoms with Crippen LogP contribution in [-0.4, -0.2) is 16.9 Å². The van der Waals surface area contributed by atoms with Gasteiger partial charge in [-0.2, -0.15) is 0 Å². The molecule has 23 heavy (non-hydrogen) atoms. The van der Waals surface area contributed by atoms with Crippen molar-refractivity contribution >= 4 is 24.0 Å². The van der Waals surface area contributed by atoms with Crippen molar-refractivity contribution in [2.24, 2.45) is 11.1 Å². The molecule has 1 amide bonds. The van der Waals surface area contributed by atoms with Crippen LogP contribution in [0.2, 0.25) is 0 Å². The molecular weight excluding hydrogens is 314 g/mol. The second-order valence-corrected chi connectivity index (χ2v) is 6.57. The first-order valence-electron chi connectivity index (χ1n) is 7.29. The fourth-order valence-electron chi connectivity index (χ4n) is 1.94. The van der Waals surface area contributed by atoms with Crippen molar-refractivity contribution in [3.05, 3.63) is 35.7 Å². The predicted octanol–water partition coefficient (Wildman–Crippen LogP) is 3.69. The Kier molecular flexibility index (Phi) is 5.97. The van der Waals surface area contributed by atoms with Gasteiger partial charge in [0.25, 0.3) is 0 Å². The van der Waals surface area contributed by atoms with E-state index in [9.17, 15) is 4.79 Å². The zero-order chi connectivity index (χ0) is 16.5. The molecule has 0 saturated carbocycles. The number of aromatic nitrogens is 1. The molecule has 2 rings (SSSR count). The summed E-state index contributed by atoms with van der Waals surface area (Å²) >= 11 is 0. The van der Waals surface area contributed by atoms with Crippen molar-refractivity contribution < 1.29 is 9.21 Å². The average molecular weight is 338 g/mol. The summed E-state index contributed by atoms with van der Waals surface area (Å²) in [6, 6.07) is 6.81. The molecule has 1 aromatic heterocycles. The zero-order valence-corrected chi connectivity index (χ0v) is 15.0. The Morgan fingerprint density at radius 2 is 1.96 bits per heavy atom. The monoisotopic (exact) mass is 337 g/mol. The minimum Gasteiger partial charge on any atom is -0.441 e. The lowest BCUT2D eigenvalue weighted by molar-refractivity contribution is -0.119. The maximum atomic E-state index is 12.2. The lowest BCUT2D eigenvalue weighted by Crippen LogP contribution is -2.45. The summed E-state index contributed by atoms with van der Waals surface area (Å²) in [5.74, 6) is 1.13. The van der Waals surface area contributed by atoms with E-state index in [1.807, 2.05) is 58.9 Å². The maximum Gasteiger partial charge on any atom is 0.241 e. The van der Waals surface area contributed by atoms with Gasteiger partial charge >= 0.3 is 0 Å². The van der Waals surface area contributed by atoms with Gasteiger partial charge < -0.3 is 15.5 Å². The van der Waals surface area contributed by atoms with Crippen LogP contribution in [0.5, 0.6) is 0 Å². The molecule has 0 unspecified atom stereocenters. The number of nitrogens with one attached hydrogen (secondary N) is 1. The Morgan fingerprint density at radius 1 is 1.30 bits per heavy atom. The maximum absolute atomic E-state index is 12.2. The number of carbonyl (C=O) groups is 1. The minimum absolute atomic E-state index is 0. The zero-order valence-electron chi connectivity index (χ0n) is 14.1. The van der Waals surface area contributed by atoms with Crippen molar-refractivity contribution in [3.63, 3.8) is 0 Å². The molecule has 0 radical (unpaired) electrons. The van der Waals surface area contributed by atoms with Crippen LogP contribution >= 0.6 is 12.4 Å². The molecule has 0 spiro atoms. The Hall–Kier alpha value is -1.85. The van der Waals surface area contributed by atoms with Gasteiger partial charge in [-0.25, -0.2) is 4.98 Å². The highest BCUT2D eigenvalue weighted by Crippen LogP contribution is 2.25. The van der Waals surface area contributed by atoms with Crippen molar-refractivity contribution in [2.75, 3.05) is 5.32 Å². The molecule has 1 heterocycles. The second-order valence-electron chi connectivity index (χ2n) is 6.57. The molecule has 2 aromatic rings. The number of benzene rings is 1. The van der Waals surface area contributed by atoms with Gasteiger partial charge in [-0.15, -0.1) is 12.4 Å². The number of amides is 1. The van der Waals surface area contributed by atoms with E-state index in [0.717, 1.165) is 17.0 Å². The van der Waals surface area contributed by atoms with Gasteiger partial charge in [-0.3, -0.25) is 4.79 Å². The molecule has 3 N–H and O–H groups in total. The predicted molar refractivity (Wildman–Crippen MR) is 94.7 cm³/mol. The summed E-state index contributed by atoms with van der Waals surface area (Å²) in [6.45, 7) is 9.58. The van der Waals surface area contributed by atoms with E-state index < -0.39 is 6.04 Å². The van der Waals surface area contributed by atoms with E-state index in [4.69, 9.17) is 10.2 Å². The van der Waals surface area contributed by atoms with Crippen molar-refractivity contribution in [1.82, 2.24) is 4.98 Å². The highest BCUT2D eigenvalue weighted by molar-refractivity contribution is 5.95. The molecule has 5 nitrogen and oxygen atoms in total. The highest BCUT2D eigenvalue weighted by Gasteiger charge is 2.27. The number of oxazole rings is 1. The van der Waals surface area contributed by atoms with Crippen LogP contribution in [0, 0.1) is 19.3 Å². The van der Waals surface area contributed by atoms with E-state index in [0.29, 0.717) is 11.6 Å². The lowest BCUT2D eigenvalue weighted by Gasteiger charge is -2.25. The van der Waals surface area contributed by atoms with Gasteiger partial charge in [0.1, 0.15) is 5.76 Å². The topological polar surface area (TPSA) is 81.2 Å². The summed E-state index contributed by atoms with van der Waals surface area (Å²) < 4.78 is 5.61. The lowest BCUT2D eigenvalue weighted by atomic mass is 9.87. The normalized spacial score (nSPS) is 12.4. The van der Waals surface area contributed by atoms with E-state index >= 15 is 0 Å². The van der Waals surface area contributed by atoms with Crippen LogP contribution in [0.15, 0.2) is 28.7 Å². The number of aryl methyl sites for hydroxylation is 2. The summed E-state index contributed by atoms with van der Waals surface area (Å²) in [4.78, 5) is 16.6. The SMILES string of the molecule is Cc1nc(-c2cccc(NC(=O)[C@@H](N)C(C)(C)C)c2)oc1C.Cl. The minimum atomic E-state index is -0.581. The van der Waals surface area contributed by atoms with E-state index in [1.54, 1.807) is 0 Å². The third kappa shape index (κ3) is 4.56. The van der Waals surface area contributed by atoms with Gasteiger partial charge in [0.05, 0.1) is 11.7 Å². The fourth-order valence-corrected chi connectivity index (χ4v) is 1.94. The Labute approximate surface area is 143 Å². The summed E-state index contributed by atoms with van der Waals surface area (Å²) in [5, 5.41) is 2.85. The van der Waals surface area contributed by atoms with E-state index in [-0.39, 0.29) is 23.7 Å². The summed E-state index contributed by atoms with van der Waals surface area (Å²) in [6.07, 6.45) is 0. The quantitative estimate of drug-likeness (QED) is 0.894. The van der Waals surface area contributed by atoms with Crippen LogP contribution in [-0.2, 0) is 4.79 Å². The molecule has 1 aromatic carbocycles. The van der Waals surface area contributed by atoms with Crippen LogP contribution < -0.4 is 11.1 Å². The number of halogens is 1. The third-order valence-electron chi connectivity index (χ3n) is 3.62. The molecule has 6 heteroatoms. The highest BCUT2D eigenvalue weighted by atomic mass is 35.5. The Balaban J connectivity index is 0.00000264. The first kappa shape index (κ1) is 19.2. The smallest absolute Gasteiger partial charge is 0.241 e. The van der Waals surface area contributed by atoms with Gasteiger partial charge in [-0.05, 0) is 37.5 Å². The Morgan fingerprint density at radius 3 is 2.48 bits per heavy atom. The van der Waals surface area contributed by atoms with Crippen molar-refractivity contribution in [2.45, 2.75) is 40.7 Å². The van der Waals surface area contributed by atoms with Crippen LogP contribution in [0.1, 0.15) is 32.2 Å². The number of anilines is 1. The van der Waals surface area contributed by atoms with Gasteiger partial charge in [0.15, 0.2) is 0 Å². The molecule has 0 fully saturated rings. The van der Waals surface area contributed by atoms with Crippen molar-refractivity contribution in [1.29, 1.82) is 0 Å². The number of hydrogen-bond donors (Lipinski definition) is 2. The molecule has 1 atom stereocenters. The largest absolute Gasteiger partial charge is 0.441 e. The number of hydrogen-bond acceptors (Lipinski definition) is 4. The summed E-state index contributed by atoms with van der Waals surface area (Å²) in [5.41, 5.74) is 8.03. The summed E-state index contributed by atoms with van der Waals surface area (Å²) in [7, 11) is 0. The van der Waals surface area contributed by atoms with Gasteiger partial charge in [-0.1, -0.05) is 26.8 Å². The second kappa shape index (κ2) is 7.15. The van der Waals surface area contributed by atoms with Crippen molar-refractivity contribution in [3.8, 4) is 11.5 Å². The molecule has 0 aliphatic heterocycles. The van der Waals surface area contributed by atoms with Gasteiger partial charge in [0, 0.05) is 11.3 Å². The Bertz CT molecular complexity index is 670.